The first-order valence-electron chi connectivity index (χ1n) is 27.2. The fourth-order valence-electron chi connectivity index (χ4n) is 8.20. The maximum atomic E-state index is 13.9. The van der Waals surface area contributed by atoms with Gasteiger partial charge in [-0.3, -0.25) is 58.6 Å². The van der Waals surface area contributed by atoms with Crippen LogP contribution in [0.15, 0.2) is 53.5 Å². The highest BCUT2D eigenvalue weighted by molar-refractivity contribution is 6.18. The van der Waals surface area contributed by atoms with E-state index >= 15 is 0 Å². The number of hydrogen-bond acceptors (Lipinski definition) is 16. The molecule has 92 heavy (non-hydrogen) atoms. The number of piperazine rings is 1. The van der Waals surface area contributed by atoms with Gasteiger partial charge in [-0.05, 0) is 95.3 Å². The molecule has 0 unspecified atom stereocenters. The molecule has 5 rings (SSSR count). The molecule has 3 aliphatic rings. The fraction of sp³-hybridized carbons (Fsp3) is 0.538. The Labute approximate surface area is 515 Å². The lowest BCUT2D eigenvalue weighted by molar-refractivity contribution is -0.193. The van der Waals surface area contributed by atoms with Gasteiger partial charge in [-0.25, -0.2) is 19.2 Å². The molecule has 28 nitrogen and oxygen atoms in total. The van der Waals surface area contributed by atoms with Crippen LogP contribution in [-0.2, 0) is 47.9 Å². The summed E-state index contributed by atoms with van der Waals surface area (Å²) in [6.45, 7) is 8.50. The summed E-state index contributed by atoms with van der Waals surface area (Å²) in [6.07, 6.45) is -16.3. The van der Waals surface area contributed by atoms with E-state index in [1.54, 1.807) is 29.2 Å². The lowest BCUT2D eigenvalue weighted by atomic mass is 9.92. The van der Waals surface area contributed by atoms with Crippen molar-refractivity contribution in [2.24, 2.45) is 28.1 Å². The second kappa shape index (κ2) is 38.1. The molecule has 0 radical (unpaired) electrons. The molecule has 3 heterocycles. The Bertz CT molecular complexity index is 2770. The molecule has 40 heteroatoms. The number of carbonyl (C=O) groups is 11. The number of para-hydroxylation sites is 3. The van der Waals surface area contributed by atoms with Crippen LogP contribution in [0.2, 0.25) is 0 Å². The van der Waals surface area contributed by atoms with Crippen molar-refractivity contribution in [3.8, 4) is 0 Å². The second-order valence-corrected chi connectivity index (χ2v) is 19.8. The number of fused-ring (bicyclic) bond motifs is 2. The molecule has 3 aliphatic heterocycles. The number of nitrogens with one attached hydrogen (secondary N) is 5. The van der Waals surface area contributed by atoms with Gasteiger partial charge in [0.1, 0.15) is 12.1 Å². The summed E-state index contributed by atoms with van der Waals surface area (Å²) in [7, 11) is 0. The minimum atomic E-state index is -5.08. The van der Waals surface area contributed by atoms with Gasteiger partial charge in [0.25, 0.3) is 5.91 Å². The largest absolute Gasteiger partial charge is 0.490 e. The lowest BCUT2D eigenvalue weighted by Gasteiger charge is -2.36. The van der Waals surface area contributed by atoms with Crippen molar-refractivity contribution in [2.45, 2.75) is 102 Å². The number of guanidine groups is 1. The van der Waals surface area contributed by atoms with E-state index < -0.39 is 90.3 Å². The van der Waals surface area contributed by atoms with Gasteiger partial charge in [-0.1, -0.05) is 24.3 Å². The van der Waals surface area contributed by atoms with E-state index in [2.05, 4.69) is 41.4 Å². The van der Waals surface area contributed by atoms with Crippen LogP contribution in [0.1, 0.15) is 69.2 Å². The summed E-state index contributed by atoms with van der Waals surface area (Å²) in [5.41, 5.74) is 18.8. The van der Waals surface area contributed by atoms with Crippen LogP contribution >= 0.6 is 0 Å². The Kier molecular flexibility index (Phi) is 33.5. The minimum absolute atomic E-state index is 0.107. The van der Waals surface area contributed by atoms with E-state index in [0.717, 1.165) is 32.4 Å². The fourth-order valence-corrected chi connectivity index (χ4v) is 8.20. The second-order valence-electron chi connectivity index (χ2n) is 19.8. The number of alkyl halides is 12. The molecular weight excluding hydrogens is 1270 g/mol. The highest BCUT2D eigenvalue weighted by Gasteiger charge is 2.41. The average Bonchev–Trinajstić information content (AvgIpc) is 1.96. The van der Waals surface area contributed by atoms with E-state index in [0.29, 0.717) is 87.2 Å². The quantitative estimate of drug-likeness (QED) is 0.0513. The van der Waals surface area contributed by atoms with Crippen molar-refractivity contribution in [1.29, 1.82) is 0 Å². The van der Waals surface area contributed by atoms with Crippen molar-refractivity contribution in [2.75, 3.05) is 82.2 Å². The van der Waals surface area contributed by atoms with Crippen LogP contribution < -0.4 is 48.7 Å². The summed E-state index contributed by atoms with van der Waals surface area (Å²) in [5.74, 6) is -13.3. The zero-order chi connectivity index (χ0) is 70.5. The molecule has 0 aliphatic carbocycles. The molecule has 2 fully saturated rings. The Hall–Kier alpha value is -8.92. The predicted octanol–water partition coefficient (Wildman–Crippen LogP) is 2.10. The smallest absolute Gasteiger partial charge is 0.475 e. The SMILES string of the molecule is CC(=O)N[C@@H](CCCN)C(=O)NC(=O)[C@H](C)NC(=O)[C@H](CCN=C(N)N)NCCN1CCN(C(=O)CCC2CCN(CC(=O)N3c4ccccc4NC(=O)c4ccccc43)CC2)CC1.O=C(O)C(F)(F)F.O=C(O)C(F)(F)F.O=C(O)C(F)(F)F.O=C(O)C(F)(F)F. The average molecular weight is 1340 g/mol. The summed E-state index contributed by atoms with van der Waals surface area (Å²) >= 11 is 0. The van der Waals surface area contributed by atoms with Gasteiger partial charge in [0, 0.05) is 59.2 Å². The van der Waals surface area contributed by atoms with Crippen LogP contribution in [-0.4, -0.2) is 221 Å². The van der Waals surface area contributed by atoms with Crippen molar-refractivity contribution in [3.05, 3.63) is 54.1 Å². The van der Waals surface area contributed by atoms with Gasteiger partial charge in [-0.2, -0.15) is 52.7 Å². The Balaban J connectivity index is 0.00000125. The summed E-state index contributed by atoms with van der Waals surface area (Å²) in [5, 5.41) is 42.1. The molecule has 0 saturated carbocycles. The number of anilines is 3. The van der Waals surface area contributed by atoms with Gasteiger partial charge in [-0.15, -0.1) is 0 Å². The number of imide groups is 1. The minimum Gasteiger partial charge on any atom is -0.475 e. The first kappa shape index (κ1) is 81.1. The third-order valence-corrected chi connectivity index (χ3v) is 12.8. The van der Waals surface area contributed by atoms with Crippen LogP contribution in [0.25, 0.3) is 0 Å². The Morgan fingerprint density at radius 3 is 1.61 bits per heavy atom. The number of hydrogen-bond donors (Lipinski definition) is 12. The number of aliphatic imine (C=N–C) groups is 1. The van der Waals surface area contributed by atoms with Crippen molar-refractivity contribution in [1.82, 2.24) is 36.0 Å². The molecular formula is C52H69F12N13O15. The summed E-state index contributed by atoms with van der Waals surface area (Å²) in [6, 6.07) is 11.7. The van der Waals surface area contributed by atoms with Gasteiger partial charge in [0.15, 0.2) is 5.96 Å². The molecule has 15 N–H and O–H groups in total. The molecule has 7 amide bonds. The van der Waals surface area contributed by atoms with Crippen LogP contribution in [0, 0.1) is 5.92 Å². The van der Waals surface area contributed by atoms with Crippen LogP contribution in [0.4, 0.5) is 69.7 Å². The van der Waals surface area contributed by atoms with Crippen molar-refractivity contribution in [3.63, 3.8) is 0 Å². The van der Waals surface area contributed by atoms with E-state index in [4.69, 9.17) is 56.8 Å². The number of amides is 7. The number of piperidine rings is 1. The first-order valence-corrected chi connectivity index (χ1v) is 27.2. The number of carboxylic acid groups (broad SMARTS) is 4. The highest BCUT2D eigenvalue weighted by Crippen LogP contribution is 2.38. The lowest BCUT2D eigenvalue weighted by Crippen LogP contribution is -2.56. The van der Waals surface area contributed by atoms with Crippen LogP contribution in [0.5, 0.6) is 0 Å². The molecule has 516 valence electrons. The highest BCUT2D eigenvalue weighted by atomic mass is 19.4. The molecule has 2 aromatic carbocycles. The number of carboxylic acids is 4. The number of likely N-dealkylation sites (tertiary alicyclic amines) is 1. The number of benzene rings is 2. The molecule has 0 aromatic heterocycles. The Morgan fingerprint density at radius 2 is 1.13 bits per heavy atom. The van der Waals surface area contributed by atoms with Gasteiger partial charge in [0.05, 0.1) is 35.2 Å². The maximum Gasteiger partial charge on any atom is 0.490 e. The number of aliphatic carboxylic acids is 4. The van der Waals surface area contributed by atoms with Crippen molar-refractivity contribution >= 4 is 88.2 Å². The number of nitrogens with zero attached hydrogens (tertiary/aromatic N) is 5. The number of nitrogens with two attached hydrogens (primary N) is 3. The molecule has 3 atom stereocenters. The molecule has 0 spiro atoms. The molecule has 0 bridgehead atoms. The standard InChI is InChI=1S/C44H65N13O7.4C2HF3O2/c1-29(40(61)53-43(64)35(10-7-18-45)51-30(2)58)50-42(63)34(15-19-49-44(46)47)48-20-23-54-24-26-56(27-25-54)38(59)14-13-31-16-21-55(22-17-31)28-39(60)57-36-11-5-3-8-32(36)41(62)52-33-9-4-6-12-37(33)57;4*3-2(4,5)1(6)7/h3-6,8-9,11-12,29,31,34-35,48H,7,10,13-28,45H2,1-2H3,(H,50,63)(H,51,58)(H,52,62)(H4,46,47,49)(H,53,61,64);4*(H,6,7)/t29-,34-,35-;;;;/m0..../s1. The molecule has 2 saturated heterocycles. The monoisotopic (exact) mass is 1340 g/mol. The zero-order valence-corrected chi connectivity index (χ0v) is 48.9. The normalized spacial score (nSPS) is 15.3. The Morgan fingerprint density at radius 1 is 0.641 bits per heavy atom. The van der Waals surface area contributed by atoms with Gasteiger partial charge in [0.2, 0.25) is 35.4 Å². The van der Waals surface area contributed by atoms with Gasteiger partial charge >= 0.3 is 48.6 Å². The number of carbonyl (C=O) groups excluding carboxylic acids is 7. The maximum absolute atomic E-state index is 13.9. The van der Waals surface area contributed by atoms with E-state index in [-0.39, 0.29) is 49.6 Å². The third-order valence-electron chi connectivity index (χ3n) is 12.8. The third kappa shape index (κ3) is 30.7. The van der Waals surface area contributed by atoms with E-state index in [1.807, 2.05) is 29.2 Å². The van der Waals surface area contributed by atoms with Gasteiger partial charge < -0.3 is 63.8 Å². The number of rotatable bonds is 20. The number of halogens is 12. The zero-order valence-electron chi connectivity index (χ0n) is 48.9. The summed E-state index contributed by atoms with van der Waals surface area (Å²) in [4.78, 5) is 138. The predicted molar refractivity (Wildman–Crippen MR) is 298 cm³/mol. The van der Waals surface area contributed by atoms with Crippen molar-refractivity contribution < 1.29 is 126 Å². The summed E-state index contributed by atoms with van der Waals surface area (Å²) < 4.78 is 127. The topological polar surface area (TPSA) is 432 Å². The first-order chi connectivity index (χ1) is 42.5. The van der Waals surface area contributed by atoms with Crippen LogP contribution in [0.3, 0.4) is 0 Å². The molecule has 2 aromatic rings. The van der Waals surface area contributed by atoms with E-state index in [1.165, 1.54) is 13.8 Å². The van der Waals surface area contributed by atoms with E-state index in [9.17, 15) is 86.2 Å².